The molecule has 1 amide bonds. The minimum Gasteiger partial charge on any atom is -0.386 e. The van der Waals surface area contributed by atoms with Crippen LogP contribution >= 0.6 is 35.6 Å². The monoisotopic (exact) mass is 544 g/mol. The number of amides is 1. The number of aliphatic imine (C=N–C) groups is 1. The average Bonchev–Trinajstić information content (AvgIpc) is 2.71. The van der Waals surface area contributed by atoms with E-state index in [0.29, 0.717) is 35.2 Å². The average molecular weight is 545 g/mol. The number of benzene rings is 2. The minimum absolute atomic E-state index is 0. The maximum absolute atomic E-state index is 12.1. The zero-order valence-electron chi connectivity index (χ0n) is 17.6. The van der Waals surface area contributed by atoms with Gasteiger partial charge in [0.2, 0.25) is 0 Å². The molecule has 0 aromatic heterocycles. The summed E-state index contributed by atoms with van der Waals surface area (Å²) in [7, 11) is 3.49. The highest BCUT2D eigenvalue weighted by atomic mass is 127. The van der Waals surface area contributed by atoms with Gasteiger partial charge >= 0.3 is 0 Å². The molecule has 0 heterocycles. The maximum atomic E-state index is 12.1. The lowest BCUT2D eigenvalue weighted by Gasteiger charge is -2.14. The topological polar surface area (TPSA) is 77.0 Å². The van der Waals surface area contributed by atoms with E-state index in [1.165, 1.54) is 0 Å². The molecule has 2 aromatic carbocycles. The van der Waals surface area contributed by atoms with Crippen molar-refractivity contribution in [3.05, 3.63) is 70.2 Å². The highest BCUT2D eigenvalue weighted by Gasteiger charge is 2.11. The van der Waals surface area contributed by atoms with Gasteiger partial charge in [0, 0.05) is 43.3 Å². The number of halogens is 2. The molecule has 0 aliphatic rings. The van der Waals surface area contributed by atoms with Gasteiger partial charge < -0.3 is 20.6 Å². The zero-order chi connectivity index (χ0) is 21.2. The summed E-state index contributed by atoms with van der Waals surface area (Å²) < 4.78 is 0. The van der Waals surface area contributed by atoms with E-state index in [2.05, 4.69) is 15.6 Å². The molecule has 1 atom stereocenters. The van der Waals surface area contributed by atoms with Crippen molar-refractivity contribution in [2.45, 2.75) is 19.4 Å². The quantitative estimate of drug-likeness (QED) is 0.270. The molecule has 0 saturated carbocycles. The van der Waals surface area contributed by atoms with Crippen LogP contribution in [0.1, 0.15) is 34.5 Å². The predicted octanol–water partition coefficient (Wildman–Crippen LogP) is 3.49. The largest absolute Gasteiger partial charge is 0.386 e. The number of rotatable bonds is 8. The number of hydrogen-bond acceptors (Lipinski definition) is 3. The van der Waals surface area contributed by atoms with Crippen molar-refractivity contribution in [2.24, 2.45) is 4.99 Å². The third-order valence-electron chi connectivity index (χ3n) is 4.32. The fourth-order valence-corrected chi connectivity index (χ4v) is 3.07. The van der Waals surface area contributed by atoms with Crippen molar-refractivity contribution < 1.29 is 9.90 Å². The summed E-state index contributed by atoms with van der Waals surface area (Å²) in [5, 5.41) is 17.3. The summed E-state index contributed by atoms with van der Waals surface area (Å²) in [6.45, 7) is 3.54. The number of nitrogens with zero attached hydrogens (tertiary/aromatic N) is 2. The van der Waals surface area contributed by atoms with E-state index in [-0.39, 0.29) is 36.4 Å². The molecule has 2 aromatic rings. The number of guanidine groups is 1. The van der Waals surface area contributed by atoms with Crippen molar-refractivity contribution in [2.75, 3.05) is 33.7 Å². The minimum atomic E-state index is -0.770. The van der Waals surface area contributed by atoms with E-state index in [0.717, 1.165) is 12.0 Å². The number of aliphatic hydroxyl groups excluding tert-OH is 1. The summed E-state index contributed by atoms with van der Waals surface area (Å²) in [6.07, 6.45) is -0.0284. The first-order valence-corrected chi connectivity index (χ1v) is 10.1. The standard InChI is InChI=1S/C22H29ClN4O2.HI/c1-4-24-22(26-15-20(28)18-10-5-6-11-19(18)23)25-13-12-16-8-7-9-17(14-16)21(29)27(2)3;/h5-11,14,20,28H,4,12-13,15H2,1-3H3,(H2,24,25,26);1H. The fraction of sp³-hybridized carbons (Fsp3) is 0.364. The number of nitrogens with one attached hydrogen (secondary N) is 2. The van der Waals surface area contributed by atoms with Gasteiger partial charge in [0.05, 0.1) is 6.54 Å². The van der Waals surface area contributed by atoms with Crippen molar-refractivity contribution >= 4 is 47.4 Å². The van der Waals surface area contributed by atoms with Gasteiger partial charge in [0.1, 0.15) is 6.10 Å². The molecule has 0 spiro atoms. The van der Waals surface area contributed by atoms with Crippen molar-refractivity contribution in [1.82, 2.24) is 15.5 Å². The van der Waals surface area contributed by atoms with E-state index >= 15 is 0 Å². The Morgan fingerprint density at radius 2 is 1.90 bits per heavy atom. The van der Waals surface area contributed by atoms with E-state index in [4.69, 9.17) is 11.6 Å². The molecule has 0 aliphatic carbocycles. The number of hydrogen-bond donors (Lipinski definition) is 3. The lowest BCUT2D eigenvalue weighted by Crippen LogP contribution is -2.38. The summed E-state index contributed by atoms with van der Waals surface area (Å²) >= 11 is 6.13. The molecule has 0 aliphatic heterocycles. The normalized spacial score (nSPS) is 12.0. The van der Waals surface area contributed by atoms with Crippen molar-refractivity contribution in [1.29, 1.82) is 0 Å². The van der Waals surface area contributed by atoms with Crippen molar-refractivity contribution in [3.8, 4) is 0 Å². The highest BCUT2D eigenvalue weighted by molar-refractivity contribution is 14.0. The van der Waals surface area contributed by atoms with Crippen LogP contribution in [0.2, 0.25) is 5.02 Å². The van der Waals surface area contributed by atoms with E-state index in [1.54, 1.807) is 31.1 Å². The Morgan fingerprint density at radius 3 is 2.57 bits per heavy atom. The van der Waals surface area contributed by atoms with Gasteiger partial charge in [-0.1, -0.05) is 41.9 Å². The number of carbonyl (C=O) groups excluding carboxylic acids is 1. The fourth-order valence-electron chi connectivity index (χ4n) is 2.81. The molecule has 6 nitrogen and oxygen atoms in total. The molecule has 0 fully saturated rings. The summed E-state index contributed by atoms with van der Waals surface area (Å²) in [5.74, 6) is 0.613. The van der Waals surface area contributed by atoms with Crippen LogP contribution in [0.25, 0.3) is 0 Å². The van der Waals surface area contributed by atoms with Gasteiger partial charge in [-0.25, -0.2) is 0 Å². The summed E-state index contributed by atoms with van der Waals surface area (Å²) in [4.78, 5) is 18.1. The van der Waals surface area contributed by atoms with Gasteiger partial charge in [-0.05, 0) is 37.1 Å². The predicted molar refractivity (Wildman–Crippen MR) is 134 cm³/mol. The Balaban J connectivity index is 0.00000450. The molecule has 30 heavy (non-hydrogen) atoms. The third-order valence-corrected chi connectivity index (χ3v) is 4.66. The first-order chi connectivity index (χ1) is 13.9. The summed E-state index contributed by atoms with van der Waals surface area (Å²) in [6, 6.07) is 14.8. The Labute approximate surface area is 200 Å². The molecule has 1 unspecified atom stereocenters. The van der Waals surface area contributed by atoms with Crippen LogP contribution in [0.15, 0.2) is 53.5 Å². The Bertz CT molecular complexity index is 845. The van der Waals surface area contributed by atoms with Gasteiger partial charge in [-0.3, -0.25) is 9.79 Å². The molecule has 164 valence electrons. The first-order valence-electron chi connectivity index (χ1n) is 9.67. The molecule has 0 saturated heterocycles. The van der Waals surface area contributed by atoms with Crippen LogP contribution in [0.4, 0.5) is 0 Å². The zero-order valence-corrected chi connectivity index (χ0v) is 20.6. The molecular formula is C22H30ClIN4O2. The Hall–Kier alpha value is -1.84. The first kappa shape index (κ1) is 26.2. The Morgan fingerprint density at radius 1 is 1.17 bits per heavy atom. The van der Waals surface area contributed by atoms with Crippen LogP contribution in [0.3, 0.4) is 0 Å². The van der Waals surface area contributed by atoms with Crippen LogP contribution < -0.4 is 10.6 Å². The lowest BCUT2D eigenvalue weighted by molar-refractivity contribution is 0.0827. The number of carbonyl (C=O) groups is 1. The second-order valence-electron chi connectivity index (χ2n) is 6.83. The SMILES string of the molecule is CCNC(=NCC(O)c1ccccc1Cl)NCCc1cccc(C(=O)N(C)C)c1.I. The van der Waals surface area contributed by atoms with E-state index in [9.17, 15) is 9.90 Å². The third kappa shape index (κ3) is 8.12. The molecule has 3 N–H and O–H groups in total. The molecule has 2 rings (SSSR count). The van der Waals surface area contributed by atoms with Crippen LogP contribution in [0, 0.1) is 0 Å². The summed E-state index contributed by atoms with van der Waals surface area (Å²) in [5.41, 5.74) is 2.41. The van der Waals surface area contributed by atoms with Gasteiger partial charge in [-0.2, -0.15) is 0 Å². The number of aliphatic hydroxyl groups is 1. The second kappa shape index (κ2) is 13.5. The van der Waals surface area contributed by atoms with Gasteiger partial charge in [0.15, 0.2) is 5.96 Å². The molecular weight excluding hydrogens is 515 g/mol. The van der Waals surface area contributed by atoms with E-state index < -0.39 is 6.10 Å². The van der Waals surface area contributed by atoms with Crippen molar-refractivity contribution in [3.63, 3.8) is 0 Å². The maximum Gasteiger partial charge on any atom is 0.253 e. The molecule has 0 bridgehead atoms. The lowest BCUT2D eigenvalue weighted by atomic mass is 10.1. The second-order valence-corrected chi connectivity index (χ2v) is 7.24. The highest BCUT2D eigenvalue weighted by Crippen LogP contribution is 2.22. The van der Waals surface area contributed by atoms with E-state index in [1.807, 2.05) is 43.3 Å². The van der Waals surface area contributed by atoms with Crippen LogP contribution in [-0.4, -0.2) is 55.6 Å². The molecule has 0 radical (unpaired) electrons. The molecule has 8 heteroatoms. The van der Waals surface area contributed by atoms with Crippen LogP contribution in [-0.2, 0) is 6.42 Å². The van der Waals surface area contributed by atoms with Gasteiger partial charge in [0.25, 0.3) is 5.91 Å². The smallest absolute Gasteiger partial charge is 0.253 e. The van der Waals surface area contributed by atoms with Crippen LogP contribution in [0.5, 0.6) is 0 Å². The Kier molecular flexibility index (Phi) is 11.8. The van der Waals surface area contributed by atoms with Gasteiger partial charge in [-0.15, -0.1) is 24.0 Å².